The number of carbonyl (C=O) groups is 1. The zero-order valence-electron chi connectivity index (χ0n) is 12.6. The lowest BCUT2D eigenvalue weighted by molar-refractivity contribution is 0.252. The predicted octanol–water partition coefficient (Wildman–Crippen LogP) is 3.92. The third-order valence-electron chi connectivity index (χ3n) is 3.59. The molecule has 0 aliphatic carbocycles. The second-order valence-corrected chi connectivity index (χ2v) is 5.07. The molecule has 2 aromatic rings. The van der Waals surface area contributed by atoms with Crippen molar-refractivity contribution in [2.24, 2.45) is 0 Å². The molecule has 0 fully saturated rings. The van der Waals surface area contributed by atoms with Gasteiger partial charge in [-0.2, -0.15) is 0 Å². The van der Waals surface area contributed by atoms with Crippen LogP contribution in [0.3, 0.4) is 0 Å². The summed E-state index contributed by atoms with van der Waals surface area (Å²) in [7, 11) is 0. The monoisotopic (exact) mass is 282 g/mol. The van der Waals surface area contributed by atoms with E-state index in [0.29, 0.717) is 6.54 Å². The second-order valence-electron chi connectivity index (χ2n) is 5.07. The van der Waals surface area contributed by atoms with Gasteiger partial charge in [-0.15, -0.1) is 0 Å². The molecule has 2 aromatic carbocycles. The average Bonchev–Trinajstić information content (AvgIpc) is 2.50. The molecule has 0 aliphatic heterocycles. The lowest BCUT2D eigenvalue weighted by Crippen LogP contribution is -2.30. The van der Waals surface area contributed by atoms with Gasteiger partial charge in [0.2, 0.25) is 0 Å². The van der Waals surface area contributed by atoms with Crippen LogP contribution in [0.25, 0.3) is 0 Å². The van der Waals surface area contributed by atoms with Crippen molar-refractivity contribution >= 4 is 11.7 Å². The molecule has 0 bridgehead atoms. The highest BCUT2D eigenvalue weighted by Crippen LogP contribution is 2.15. The maximum atomic E-state index is 11.9. The summed E-state index contributed by atoms with van der Waals surface area (Å²) in [5, 5.41) is 5.82. The molecule has 3 heteroatoms. The van der Waals surface area contributed by atoms with E-state index in [9.17, 15) is 4.79 Å². The highest BCUT2D eigenvalue weighted by molar-refractivity contribution is 5.90. The van der Waals surface area contributed by atoms with Crippen molar-refractivity contribution in [1.82, 2.24) is 5.32 Å². The fourth-order valence-corrected chi connectivity index (χ4v) is 2.32. The van der Waals surface area contributed by atoms with Crippen LogP contribution in [0.1, 0.15) is 23.6 Å². The first-order valence-corrected chi connectivity index (χ1v) is 7.38. The number of hydrogen-bond acceptors (Lipinski definition) is 1. The van der Waals surface area contributed by atoms with Crippen LogP contribution in [0.5, 0.6) is 0 Å². The first-order chi connectivity index (χ1) is 10.2. The average molecular weight is 282 g/mol. The lowest BCUT2D eigenvalue weighted by Gasteiger charge is -2.11. The van der Waals surface area contributed by atoms with E-state index in [-0.39, 0.29) is 6.03 Å². The highest BCUT2D eigenvalue weighted by Gasteiger charge is 2.05. The summed E-state index contributed by atoms with van der Waals surface area (Å²) in [6.45, 7) is 4.80. The number of anilines is 1. The summed E-state index contributed by atoms with van der Waals surface area (Å²) in [5.74, 6) is 0. The Kier molecular flexibility index (Phi) is 5.38. The van der Waals surface area contributed by atoms with Gasteiger partial charge in [0.05, 0.1) is 0 Å². The van der Waals surface area contributed by atoms with Gasteiger partial charge in [0.15, 0.2) is 0 Å². The van der Waals surface area contributed by atoms with Gasteiger partial charge >= 0.3 is 6.03 Å². The van der Waals surface area contributed by atoms with E-state index in [1.54, 1.807) is 0 Å². The number of aryl methyl sites for hydroxylation is 2. The predicted molar refractivity (Wildman–Crippen MR) is 87.7 cm³/mol. The Hall–Kier alpha value is -2.29. The lowest BCUT2D eigenvalue weighted by atomic mass is 10.1. The maximum Gasteiger partial charge on any atom is 0.319 e. The maximum absolute atomic E-state index is 11.9. The Morgan fingerprint density at radius 2 is 1.67 bits per heavy atom. The SMILES string of the molecule is CCc1ccccc1NC(=O)NCCc1ccccc1C. The normalized spacial score (nSPS) is 10.2. The van der Waals surface area contributed by atoms with Crippen LogP contribution in [-0.4, -0.2) is 12.6 Å². The highest BCUT2D eigenvalue weighted by atomic mass is 16.2. The third kappa shape index (κ3) is 4.35. The van der Waals surface area contributed by atoms with Crippen molar-refractivity contribution in [3.8, 4) is 0 Å². The van der Waals surface area contributed by atoms with Crippen LogP contribution < -0.4 is 10.6 Å². The molecular formula is C18H22N2O. The van der Waals surface area contributed by atoms with E-state index in [2.05, 4.69) is 36.6 Å². The summed E-state index contributed by atoms with van der Waals surface area (Å²) >= 11 is 0. The van der Waals surface area contributed by atoms with Gasteiger partial charge in [-0.25, -0.2) is 4.79 Å². The zero-order chi connectivity index (χ0) is 15.1. The summed E-state index contributed by atoms with van der Waals surface area (Å²) < 4.78 is 0. The van der Waals surface area contributed by atoms with Crippen molar-refractivity contribution in [2.45, 2.75) is 26.7 Å². The van der Waals surface area contributed by atoms with Gasteiger partial charge in [0.25, 0.3) is 0 Å². The number of para-hydroxylation sites is 1. The minimum atomic E-state index is -0.149. The van der Waals surface area contributed by atoms with Gasteiger partial charge in [-0.05, 0) is 42.5 Å². The summed E-state index contributed by atoms with van der Waals surface area (Å²) in [4.78, 5) is 11.9. The Labute approximate surface area is 126 Å². The summed E-state index contributed by atoms with van der Waals surface area (Å²) in [6, 6.07) is 16.0. The Balaban J connectivity index is 1.84. The minimum absolute atomic E-state index is 0.149. The van der Waals surface area contributed by atoms with Gasteiger partial charge in [-0.1, -0.05) is 49.4 Å². The van der Waals surface area contributed by atoms with Gasteiger partial charge in [-0.3, -0.25) is 0 Å². The number of nitrogens with one attached hydrogen (secondary N) is 2. The fourth-order valence-electron chi connectivity index (χ4n) is 2.32. The number of rotatable bonds is 5. The minimum Gasteiger partial charge on any atom is -0.338 e. The van der Waals surface area contributed by atoms with E-state index in [1.165, 1.54) is 11.1 Å². The molecule has 21 heavy (non-hydrogen) atoms. The number of hydrogen-bond donors (Lipinski definition) is 2. The van der Waals surface area contributed by atoms with Gasteiger partial charge in [0, 0.05) is 12.2 Å². The Morgan fingerprint density at radius 3 is 2.38 bits per heavy atom. The zero-order valence-corrected chi connectivity index (χ0v) is 12.6. The van der Waals surface area contributed by atoms with Gasteiger partial charge in [0.1, 0.15) is 0 Å². The number of urea groups is 1. The number of benzene rings is 2. The van der Waals surface area contributed by atoms with Crippen molar-refractivity contribution < 1.29 is 4.79 Å². The summed E-state index contributed by atoms with van der Waals surface area (Å²) in [6.07, 6.45) is 1.75. The van der Waals surface area contributed by atoms with Crippen LogP contribution in [0.4, 0.5) is 10.5 Å². The van der Waals surface area contributed by atoms with Crippen molar-refractivity contribution in [1.29, 1.82) is 0 Å². The molecule has 0 atom stereocenters. The van der Waals surface area contributed by atoms with Gasteiger partial charge < -0.3 is 10.6 Å². The van der Waals surface area contributed by atoms with Crippen LogP contribution in [-0.2, 0) is 12.8 Å². The molecular weight excluding hydrogens is 260 g/mol. The molecule has 0 saturated carbocycles. The Morgan fingerprint density at radius 1 is 1.00 bits per heavy atom. The topological polar surface area (TPSA) is 41.1 Å². The molecule has 0 aromatic heterocycles. The quantitative estimate of drug-likeness (QED) is 0.857. The smallest absolute Gasteiger partial charge is 0.319 e. The number of carbonyl (C=O) groups excluding carboxylic acids is 1. The molecule has 2 amide bonds. The largest absolute Gasteiger partial charge is 0.338 e. The molecule has 3 nitrogen and oxygen atoms in total. The van der Waals surface area contributed by atoms with E-state index < -0.39 is 0 Å². The molecule has 2 N–H and O–H groups in total. The molecule has 0 aliphatic rings. The van der Waals surface area contributed by atoms with Crippen LogP contribution in [0.2, 0.25) is 0 Å². The molecule has 110 valence electrons. The first-order valence-electron chi connectivity index (χ1n) is 7.38. The molecule has 2 rings (SSSR count). The third-order valence-corrected chi connectivity index (χ3v) is 3.59. The van der Waals surface area contributed by atoms with Crippen molar-refractivity contribution in [3.05, 3.63) is 65.2 Å². The fraction of sp³-hybridized carbons (Fsp3) is 0.278. The standard InChI is InChI=1S/C18H22N2O/c1-3-15-9-6-7-11-17(15)20-18(21)19-13-12-16-10-5-4-8-14(16)2/h4-11H,3,12-13H2,1-2H3,(H2,19,20,21). The van der Waals surface area contributed by atoms with Crippen molar-refractivity contribution in [3.63, 3.8) is 0 Å². The number of amides is 2. The molecule has 0 spiro atoms. The first kappa shape index (κ1) is 15.1. The Bertz CT molecular complexity index is 608. The molecule has 0 saturated heterocycles. The summed E-state index contributed by atoms with van der Waals surface area (Å²) in [5.41, 5.74) is 4.56. The van der Waals surface area contributed by atoms with Crippen LogP contribution in [0.15, 0.2) is 48.5 Å². The van der Waals surface area contributed by atoms with Crippen LogP contribution >= 0.6 is 0 Å². The van der Waals surface area contributed by atoms with Crippen LogP contribution in [0, 0.1) is 6.92 Å². The van der Waals surface area contributed by atoms with E-state index >= 15 is 0 Å². The molecule has 0 heterocycles. The second kappa shape index (κ2) is 7.48. The molecule has 0 radical (unpaired) electrons. The van der Waals surface area contributed by atoms with E-state index in [4.69, 9.17) is 0 Å². The van der Waals surface area contributed by atoms with E-state index in [0.717, 1.165) is 24.1 Å². The van der Waals surface area contributed by atoms with E-state index in [1.807, 2.05) is 36.4 Å². The van der Waals surface area contributed by atoms with Crippen molar-refractivity contribution in [2.75, 3.05) is 11.9 Å². The molecule has 0 unspecified atom stereocenters.